The zero-order chi connectivity index (χ0) is 67.4. The molecule has 2 aromatic rings. The second-order valence-electron chi connectivity index (χ2n) is 25.3. The summed E-state index contributed by atoms with van der Waals surface area (Å²) in [5.74, 6) is 0.988. The minimum absolute atomic E-state index is 0.0300. The molecule has 0 aliphatic heterocycles. The van der Waals surface area contributed by atoms with Gasteiger partial charge in [0.05, 0.1) is 17.9 Å². The molecule has 0 heterocycles. The number of amides is 3. The molecule has 6 unspecified atom stereocenters. The lowest BCUT2D eigenvalue weighted by atomic mass is 9.94. The smallest absolute Gasteiger partial charge is 0.326 e. The van der Waals surface area contributed by atoms with Gasteiger partial charge in [0.1, 0.15) is 18.8 Å². The van der Waals surface area contributed by atoms with Crippen LogP contribution in [0.25, 0.3) is 0 Å². The lowest BCUT2D eigenvalue weighted by Crippen LogP contribution is -2.45. The summed E-state index contributed by atoms with van der Waals surface area (Å²) in [6, 6.07) is 16.7. The number of rotatable bonds is 29. The number of nitrogens with zero attached hydrogens (tertiary/aromatic N) is 3. The average molecular weight is 1210 g/mol. The fraction of sp³-hybridized carbons (Fsp3) is 0.694. The van der Waals surface area contributed by atoms with E-state index in [-0.39, 0.29) is 42.8 Å². The maximum atomic E-state index is 13.7. The summed E-state index contributed by atoms with van der Waals surface area (Å²) in [6.45, 7) is 54.8. The van der Waals surface area contributed by atoms with Crippen molar-refractivity contribution in [1.82, 2.24) is 14.7 Å². The first-order valence-corrected chi connectivity index (χ1v) is 32.1. The van der Waals surface area contributed by atoms with E-state index in [2.05, 4.69) is 117 Å². The number of esters is 2. The van der Waals surface area contributed by atoms with Crippen molar-refractivity contribution in [3.8, 4) is 0 Å². The molecule has 1 saturated carbocycles. The van der Waals surface area contributed by atoms with Gasteiger partial charge in [-0.25, -0.2) is 0 Å². The lowest BCUT2D eigenvalue weighted by molar-refractivity contribution is -0.164. The highest BCUT2D eigenvalue weighted by Gasteiger charge is 2.44. The molecule has 3 rings (SSSR count). The number of carbonyl (C=O) groups is 6. The summed E-state index contributed by atoms with van der Waals surface area (Å²) in [6.07, 6.45) is 3.56. The minimum Gasteiger partial charge on any atom is -0.486 e. The molecule has 1 fully saturated rings. The molecule has 0 radical (unpaired) electrons. The monoisotopic (exact) mass is 1210 g/mol. The number of Topliss-reactive ketones (excluding diaryl/α,β-unsaturated/α-hetero) is 1. The third kappa shape index (κ3) is 45.8. The zero-order valence-electron chi connectivity index (χ0n) is 59.4. The number of ether oxygens (including phenoxy) is 5. The molecule has 14 heteroatoms. The summed E-state index contributed by atoms with van der Waals surface area (Å²) < 4.78 is 28.4. The van der Waals surface area contributed by atoms with E-state index in [1.54, 1.807) is 20.9 Å². The molecule has 0 spiro atoms. The Kier molecular flexibility index (Phi) is 50.0. The van der Waals surface area contributed by atoms with Crippen LogP contribution in [0, 0.1) is 42.4 Å². The Morgan fingerprint density at radius 1 is 0.512 bits per heavy atom. The van der Waals surface area contributed by atoms with Crippen molar-refractivity contribution in [2.24, 2.45) is 35.5 Å². The highest BCUT2D eigenvalue weighted by molar-refractivity contribution is 5.90. The first kappa shape index (κ1) is 86.9. The van der Waals surface area contributed by atoms with Crippen molar-refractivity contribution >= 4 is 35.4 Å². The van der Waals surface area contributed by atoms with Crippen LogP contribution in [-0.4, -0.2) is 128 Å². The highest BCUT2D eigenvalue weighted by atomic mass is 16.6. The van der Waals surface area contributed by atoms with Crippen LogP contribution in [0.4, 0.5) is 0 Å². The van der Waals surface area contributed by atoms with E-state index in [0.717, 1.165) is 69.1 Å². The quantitative estimate of drug-likeness (QED) is 0.0564. The first-order chi connectivity index (χ1) is 40.0. The van der Waals surface area contributed by atoms with Crippen LogP contribution in [0.2, 0.25) is 0 Å². The van der Waals surface area contributed by atoms with E-state index in [9.17, 15) is 28.8 Å². The molecule has 0 N–H and O–H groups in total. The summed E-state index contributed by atoms with van der Waals surface area (Å²) in [7, 11) is 4.31. The van der Waals surface area contributed by atoms with Gasteiger partial charge in [0.25, 0.3) is 17.7 Å². The van der Waals surface area contributed by atoms with Gasteiger partial charge in [-0.3, -0.25) is 28.8 Å². The maximum absolute atomic E-state index is 13.7. The number of aryl methyl sites for hydroxylation is 1. The Balaban J connectivity index is -0.000000910. The second-order valence-corrected chi connectivity index (χ2v) is 25.3. The molecule has 0 saturated heterocycles. The Bertz CT molecular complexity index is 2120. The Morgan fingerprint density at radius 2 is 0.919 bits per heavy atom. The van der Waals surface area contributed by atoms with Crippen molar-refractivity contribution in [3.63, 3.8) is 0 Å². The molecular weight excluding hydrogens is 1080 g/mol. The predicted molar refractivity (Wildman–Crippen MR) is 358 cm³/mol. The summed E-state index contributed by atoms with van der Waals surface area (Å²) in [5, 5.41) is 0. The molecule has 3 amide bonds. The molecule has 2 aromatic carbocycles. The van der Waals surface area contributed by atoms with Crippen LogP contribution < -0.4 is 0 Å². The van der Waals surface area contributed by atoms with Crippen LogP contribution >= 0.6 is 0 Å². The van der Waals surface area contributed by atoms with Gasteiger partial charge in [0.15, 0.2) is 30.2 Å². The van der Waals surface area contributed by atoms with E-state index in [1.165, 1.54) is 51.6 Å². The van der Waals surface area contributed by atoms with E-state index in [0.29, 0.717) is 24.2 Å². The van der Waals surface area contributed by atoms with Gasteiger partial charge in [-0.15, -0.1) is 0 Å². The van der Waals surface area contributed by atoms with Gasteiger partial charge in [-0.2, -0.15) is 0 Å². The van der Waals surface area contributed by atoms with E-state index in [4.69, 9.17) is 23.7 Å². The molecule has 1 aliphatic rings. The first-order valence-electron chi connectivity index (χ1n) is 32.1. The fourth-order valence-corrected chi connectivity index (χ4v) is 7.16. The molecule has 6 atom stereocenters. The topological polar surface area (TPSA) is 158 Å². The molecule has 14 nitrogen and oxygen atoms in total. The lowest BCUT2D eigenvalue weighted by Gasteiger charge is -2.28. The summed E-state index contributed by atoms with van der Waals surface area (Å²) in [5.41, 5.74) is 2.99. The molecule has 496 valence electrons. The fourth-order valence-electron chi connectivity index (χ4n) is 7.16. The van der Waals surface area contributed by atoms with E-state index in [1.807, 2.05) is 89.2 Å². The van der Waals surface area contributed by atoms with Gasteiger partial charge in [0, 0.05) is 52.9 Å². The van der Waals surface area contributed by atoms with Gasteiger partial charge in [0.2, 0.25) is 0 Å². The SMILES string of the molecule is C=C(CC)OC(C)C(=O)N(C)CC(=C)OC(Cc1ccccc1)C(=O)N(C)CC(=O)OC(C)C(=O)N(C)CC(=O)OC(Cc1ccc(C)cc1)C(=O)C(C)CC.CC.CC(C)C.CC(C)C.CC(C)C.CC(C)C.CCCOC1(CC(C)CC)CC1. The molecule has 86 heavy (non-hydrogen) atoms. The number of ketones is 1. The van der Waals surface area contributed by atoms with Crippen LogP contribution in [0.15, 0.2) is 79.3 Å². The van der Waals surface area contributed by atoms with Crippen molar-refractivity contribution in [2.45, 2.75) is 247 Å². The normalized spacial score (nSPS) is 13.6. The molecule has 1 aliphatic carbocycles. The van der Waals surface area contributed by atoms with Crippen molar-refractivity contribution in [3.05, 3.63) is 96.0 Å². The number of hydrogen-bond donors (Lipinski definition) is 0. The van der Waals surface area contributed by atoms with Gasteiger partial charge in [-0.05, 0) is 93.6 Å². The number of benzene rings is 2. The summed E-state index contributed by atoms with van der Waals surface area (Å²) in [4.78, 5) is 82.2. The molecule has 0 aromatic heterocycles. The van der Waals surface area contributed by atoms with E-state index >= 15 is 0 Å². The van der Waals surface area contributed by atoms with Crippen molar-refractivity contribution in [1.29, 1.82) is 0 Å². The van der Waals surface area contributed by atoms with Crippen LogP contribution in [0.5, 0.6) is 0 Å². The Morgan fingerprint density at radius 3 is 1.34 bits per heavy atom. The van der Waals surface area contributed by atoms with Gasteiger partial charge in [-0.1, -0.05) is 218 Å². The van der Waals surface area contributed by atoms with Crippen LogP contribution in [0.1, 0.15) is 214 Å². The standard InChI is InChI=1S/C43H59N3O10.C11H22O.4C4H10.C2H6/c1-12-29(4)40(49)36(23-35-21-19-28(3)20-22-35)56-39(48)27-45(10)42(51)33(8)55-38(47)26-46(11)43(52)37(24-34-17-15-14-16-18-34)54-31(6)25-44(9)41(50)32(7)53-30(5)13-2;1-4-8-12-11(6-7-11)9-10(3)5-2;4*1-4(2)3;1-2/h14-22,29,32-33,36-37H,5-6,12-13,23-27H2,1-4,7-11H3;10H,4-9H2,1-3H3;4*4H,1-3H3;1-2H3. The van der Waals surface area contributed by atoms with Crippen LogP contribution in [-0.2, 0) is 65.3 Å². The molecular formula is C72H127N3O11. The number of carbonyl (C=O) groups excluding carboxylic acids is 6. The van der Waals surface area contributed by atoms with Gasteiger partial charge < -0.3 is 38.4 Å². The average Bonchev–Trinajstić information content (AvgIpc) is 2.36. The third-order valence-electron chi connectivity index (χ3n) is 11.9. The number of allylic oxidation sites excluding steroid dienone is 1. The van der Waals surface area contributed by atoms with Gasteiger partial charge >= 0.3 is 11.9 Å². The Labute approximate surface area is 526 Å². The van der Waals surface area contributed by atoms with Crippen LogP contribution in [0.3, 0.4) is 0 Å². The third-order valence-corrected chi connectivity index (χ3v) is 11.9. The predicted octanol–water partition coefficient (Wildman–Crippen LogP) is 15.9. The molecule has 0 bridgehead atoms. The second kappa shape index (κ2) is 49.5. The Hall–Kier alpha value is -5.50. The maximum Gasteiger partial charge on any atom is 0.326 e. The minimum atomic E-state index is -1.31. The number of likely N-dealkylation sites (N-methyl/N-ethyl adjacent to an activating group) is 3. The number of hydrogen-bond acceptors (Lipinski definition) is 11. The van der Waals surface area contributed by atoms with Crippen molar-refractivity contribution < 1.29 is 52.5 Å². The van der Waals surface area contributed by atoms with E-state index < -0.39 is 61.3 Å². The summed E-state index contributed by atoms with van der Waals surface area (Å²) >= 11 is 0. The van der Waals surface area contributed by atoms with Crippen molar-refractivity contribution in [2.75, 3.05) is 47.4 Å². The highest BCUT2D eigenvalue weighted by Crippen LogP contribution is 2.45. The zero-order valence-corrected chi connectivity index (χ0v) is 59.4. The largest absolute Gasteiger partial charge is 0.486 e.